The molecule has 4 nitrogen and oxygen atoms in total. The molecule has 0 saturated heterocycles. The molecule has 0 saturated carbocycles. The fourth-order valence-corrected chi connectivity index (χ4v) is 1.05. The first-order chi connectivity index (χ1) is 6.16. The maximum Gasteiger partial charge on any atom is 0.709 e. The molecule has 0 aromatic carbocycles. The normalized spacial score (nSPS) is 9.07. The van der Waals surface area contributed by atoms with Crippen molar-refractivity contribution in [1.29, 1.82) is 0 Å². The Morgan fingerprint density at radius 1 is 1.21 bits per heavy atom. The van der Waals surface area contributed by atoms with Crippen LogP contribution in [0.5, 0.6) is 0 Å². The van der Waals surface area contributed by atoms with E-state index in [-0.39, 0.29) is 22.9 Å². The molecule has 0 fully saturated rings. The minimum absolute atomic E-state index is 0. The fourth-order valence-electron chi connectivity index (χ4n) is 1.05. The van der Waals surface area contributed by atoms with Crippen LogP contribution < -0.4 is 0 Å². The number of carbonyl (C=O) groups is 1. The molecule has 0 radical (unpaired) electrons. The zero-order chi connectivity index (χ0) is 10.1. The van der Waals surface area contributed by atoms with Gasteiger partial charge in [-0.1, -0.05) is 32.6 Å². The second-order valence-corrected chi connectivity index (χ2v) is 2.98. The van der Waals surface area contributed by atoms with Gasteiger partial charge in [-0.3, -0.25) is 4.79 Å². The van der Waals surface area contributed by atoms with Crippen LogP contribution in [0.15, 0.2) is 0 Å². The van der Waals surface area contributed by atoms with Crippen molar-refractivity contribution in [2.24, 2.45) is 0 Å². The second-order valence-electron chi connectivity index (χ2n) is 2.98. The molecule has 0 spiro atoms. The molecule has 0 aliphatic heterocycles. The molecule has 0 atom stereocenters. The Morgan fingerprint density at radius 2 is 1.79 bits per heavy atom. The predicted molar refractivity (Wildman–Crippen MR) is 49.7 cm³/mol. The number of rotatable bonds is 7. The summed E-state index contributed by atoms with van der Waals surface area (Å²) in [7, 11) is -1.97. The van der Waals surface area contributed by atoms with Gasteiger partial charge in [-0.25, -0.2) is 0 Å². The van der Waals surface area contributed by atoms with Crippen molar-refractivity contribution in [2.75, 3.05) is 0 Å². The first kappa shape index (κ1) is 16.4. The van der Waals surface area contributed by atoms with E-state index >= 15 is 0 Å². The number of unbranched alkanes of at least 4 members (excludes halogenated alkanes) is 4. The number of carbonyl (C=O) groups excluding carboxylic acids is 1. The summed E-state index contributed by atoms with van der Waals surface area (Å²) in [5, 5.41) is 16.6. The third-order valence-electron chi connectivity index (χ3n) is 1.72. The SMILES string of the molecule is CCCCCCCC(=O)OB(O)O.[Ni]. The van der Waals surface area contributed by atoms with E-state index in [1.165, 1.54) is 12.8 Å². The van der Waals surface area contributed by atoms with Gasteiger partial charge in [0, 0.05) is 22.9 Å². The van der Waals surface area contributed by atoms with E-state index in [1.807, 2.05) is 0 Å². The van der Waals surface area contributed by atoms with Gasteiger partial charge >= 0.3 is 7.32 Å². The first-order valence-corrected chi connectivity index (χ1v) is 4.72. The quantitative estimate of drug-likeness (QED) is 0.517. The van der Waals surface area contributed by atoms with Crippen LogP contribution in [-0.2, 0) is 25.9 Å². The van der Waals surface area contributed by atoms with Crippen molar-refractivity contribution < 1.29 is 36.0 Å². The molecular formula is C8H17BNiO4. The summed E-state index contributed by atoms with van der Waals surface area (Å²) in [6, 6.07) is 0. The number of hydrogen-bond donors (Lipinski definition) is 2. The van der Waals surface area contributed by atoms with E-state index in [9.17, 15) is 4.79 Å². The van der Waals surface area contributed by atoms with Crippen LogP contribution in [0.1, 0.15) is 45.4 Å². The van der Waals surface area contributed by atoms with Crippen LogP contribution in [0.25, 0.3) is 0 Å². The Hall–Kier alpha value is -0.0516. The van der Waals surface area contributed by atoms with Gasteiger partial charge < -0.3 is 14.7 Å². The second kappa shape index (κ2) is 11.0. The summed E-state index contributed by atoms with van der Waals surface area (Å²) >= 11 is 0. The third-order valence-corrected chi connectivity index (χ3v) is 1.72. The van der Waals surface area contributed by atoms with E-state index in [0.717, 1.165) is 19.3 Å². The Labute approximate surface area is 95.1 Å². The maximum atomic E-state index is 10.7. The average molecular weight is 247 g/mol. The van der Waals surface area contributed by atoms with Gasteiger partial charge in [-0.2, -0.15) is 0 Å². The molecule has 0 bridgehead atoms. The Morgan fingerprint density at radius 3 is 2.29 bits per heavy atom. The first-order valence-electron chi connectivity index (χ1n) is 4.72. The zero-order valence-electron chi connectivity index (χ0n) is 8.35. The minimum Gasteiger partial charge on any atom is -0.485 e. The van der Waals surface area contributed by atoms with Gasteiger partial charge in [-0.15, -0.1) is 0 Å². The summed E-state index contributed by atoms with van der Waals surface area (Å²) in [4.78, 5) is 10.7. The Kier molecular flexibility index (Phi) is 12.9. The van der Waals surface area contributed by atoms with Crippen molar-refractivity contribution in [3.8, 4) is 0 Å². The van der Waals surface area contributed by atoms with Gasteiger partial charge in [0.15, 0.2) is 0 Å². The van der Waals surface area contributed by atoms with Crippen molar-refractivity contribution in [3.05, 3.63) is 0 Å². The Bertz CT molecular complexity index is 143. The molecule has 0 heterocycles. The standard InChI is InChI=1S/C8H17BO4.Ni/c1-2-3-4-5-6-7-8(10)13-9(11)12;/h11-12H,2-7H2,1H3;. The largest absolute Gasteiger partial charge is 0.709 e. The molecule has 14 heavy (non-hydrogen) atoms. The fraction of sp³-hybridized carbons (Fsp3) is 0.875. The topological polar surface area (TPSA) is 66.8 Å². The molecule has 86 valence electrons. The summed E-state index contributed by atoms with van der Waals surface area (Å²) in [5.74, 6) is -0.550. The van der Waals surface area contributed by atoms with E-state index in [2.05, 4.69) is 11.6 Å². The molecule has 0 rings (SSSR count). The Balaban J connectivity index is 0. The summed E-state index contributed by atoms with van der Waals surface area (Å²) in [6.07, 6.45) is 5.47. The van der Waals surface area contributed by atoms with Gasteiger partial charge in [-0.05, 0) is 6.42 Å². The molecule has 2 N–H and O–H groups in total. The molecular weight excluding hydrogens is 230 g/mol. The van der Waals surface area contributed by atoms with Crippen LogP contribution in [-0.4, -0.2) is 23.3 Å². The van der Waals surface area contributed by atoms with E-state index in [4.69, 9.17) is 10.0 Å². The monoisotopic (exact) mass is 246 g/mol. The van der Waals surface area contributed by atoms with Crippen molar-refractivity contribution in [1.82, 2.24) is 0 Å². The van der Waals surface area contributed by atoms with Gasteiger partial charge in [0.05, 0.1) is 0 Å². The van der Waals surface area contributed by atoms with Crippen LogP contribution in [0.2, 0.25) is 0 Å². The summed E-state index contributed by atoms with van der Waals surface area (Å²) in [6.45, 7) is 2.12. The van der Waals surface area contributed by atoms with Gasteiger partial charge in [0.25, 0.3) is 5.97 Å². The molecule has 0 unspecified atom stereocenters. The molecule has 0 aliphatic rings. The third kappa shape index (κ3) is 11.9. The molecule has 0 amide bonds. The molecule has 6 heteroatoms. The molecule has 0 aliphatic carbocycles. The smallest absolute Gasteiger partial charge is 0.485 e. The maximum absolute atomic E-state index is 10.7. The van der Waals surface area contributed by atoms with Crippen molar-refractivity contribution in [2.45, 2.75) is 45.4 Å². The molecule has 0 aromatic rings. The predicted octanol–water partition coefficient (Wildman–Crippen LogP) is 0.857. The van der Waals surface area contributed by atoms with Crippen molar-refractivity contribution in [3.63, 3.8) is 0 Å². The van der Waals surface area contributed by atoms with Gasteiger partial charge in [0.1, 0.15) is 0 Å². The van der Waals surface area contributed by atoms with Crippen LogP contribution in [0.3, 0.4) is 0 Å². The van der Waals surface area contributed by atoms with E-state index < -0.39 is 13.3 Å². The average Bonchev–Trinajstić information content (AvgIpc) is 2.02. The van der Waals surface area contributed by atoms with Crippen LogP contribution in [0, 0.1) is 0 Å². The summed E-state index contributed by atoms with van der Waals surface area (Å²) < 4.78 is 4.13. The van der Waals surface area contributed by atoms with Crippen LogP contribution in [0.4, 0.5) is 0 Å². The van der Waals surface area contributed by atoms with Crippen molar-refractivity contribution >= 4 is 13.3 Å². The van der Waals surface area contributed by atoms with E-state index in [0.29, 0.717) is 0 Å². The molecule has 0 aromatic heterocycles. The minimum atomic E-state index is -1.97. The van der Waals surface area contributed by atoms with E-state index in [1.54, 1.807) is 0 Å². The number of hydrogen-bond acceptors (Lipinski definition) is 4. The van der Waals surface area contributed by atoms with Gasteiger partial charge in [0.2, 0.25) is 0 Å². The summed E-state index contributed by atoms with van der Waals surface area (Å²) in [5.41, 5.74) is 0. The zero-order valence-corrected chi connectivity index (χ0v) is 9.33. The van der Waals surface area contributed by atoms with Crippen LogP contribution >= 0.6 is 0 Å².